The summed E-state index contributed by atoms with van der Waals surface area (Å²) in [5.41, 5.74) is 1.36. The van der Waals surface area contributed by atoms with E-state index in [1.165, 1.54) is 23.6 Å². The number of amides is 2. The second-order valence-corrected chi connectivity index (χ2v) is 7.92. The molecule has 8 heteroatoms. The number of thioether (sulfide) groups is 1. The number of esters is 1. The fourth-order valence-corrected chi connectivity index (χ4v) is 5.08. The molecule has 1 unspecified atom stereocenters. The van der Waals surface area contributed by atoms with Gasteiger partial charge in [0.15, 0.2) is 0 Å². The molecule has 142 valence electrons. The molecule has 2 amide bonds. The van der Waals surface area contributed by atoms with Gasteiger partial charge in [0.2, 0.25) is 5.91 Å². The maximum atomic E-state index is 12.8. The molecule has 0 saturated carbocycles. The van der Waals surface area contributed by atoms with Gasteiger partial charge in [-0.15, -0.1) is 0 Å². The fraction of sp³-hybridized carbons (Fsp3) is 0.421. The van der Waals surface area contributed by atoms with Gasteiger partial charge in [0, 0.05) is 18.4 Å². The summed E-state index contributed by atoms with van der Waals surface area (Å²) in [7, 11) is 0. The highest BCUT2D eigenvalue weighted by molar-refractivity contribution is 8.04. The summed E-state index contributed by atoms with van der Waals surface area (Å²) in [6.07, 6.45) is -0.660. The highest BCUT2D eigenvalue weighted by Gasteiger charge is 2.60. The predicted molar refractivity (Wildman–Crippen MR) is 98.0 cm³/mol. The third kappa shape index (κ3) is 3.35. The number of hydrogen-bond donors (Lipinski definition) is 1. The van der Waals surface area contributed by atoms with Crippen LogP contribution in [0.25, 0.3) is 0 Å². The van der Waals surface area contributed by atoms with Gasteiger partial charge in [-0.1, -0.05) is 42.1 Å². The molecule has 3 heterocycles. The van der Waals surface area contributed by atoms with Gasteiger partial charge < -0.3 is 14.8 Å². The zero-order valence-electron chi connectivity index (χ0n) is 15.0. The Kier molecular flexibility index (Phi) is 4.69. The standard InChI is InChI=1S/C19H20N2O5S/c1-10(26-11(2)22)14-18(24)21-15(16(13-9-25-13)27-19(14)21)17(23)20-8-12-6-4-3-5-7-12/h3-7,10,13-14,19H,8-9H2,1-2H3,(H,20,23)/t10-,13?,14+,19+/m1/s1. The van der Waals surface area contributed by atoms with Gasteiger partial charge in [-0.3, -0.25) is 19.3 Å². The van der Waals surface area contributed by atoms with Crippen LogP contribution in [0.3, 0.4) is 0 Å². The Morgan fingerprint density at radius 3 is 2.70 bits per heavy atom. The van der Waals surface area contributed by atoms with Crippen LogP contribution in [0, 0.1) is 5.92 Å². The highest BCUT2D eigenvalue weighted by Crippen LogP contribution is 2.53. The summed E-state index contributed by atoms with van der Waals surface area (Å²) in [6, 6.07) is 9.59. The Hall–Kier alpha value is -2.32. The molecule has 1 aromatic carbocycles. The predicted octanol–water partition coefficient (Wildman–Crippen LogP) is 1.40. The SMILES string of the molecule is CC(=O)O[C@H](C)[C@H]1C(=O)N2C(C(=O)NCc3ccccc3)=C(C3CO3)S[C@@H]12. The van der Waals surface area contributed by atoms with Crippen molar-refractivity contribution >= 4 is 29.5 Å². The minimum Gasteiger partial charge on any atom is -0.462 e. The Morgan fingerprint density at radius 1 is 1.37 bits per heavy atom. The van der Waals surface area contributed by atoms with Crippen LogP contribution in [0.5, 0.6) is 0 Å². The molecule has 3 aliphatic heterocycles. The van der Waals surface area contributed by atoms with Crippen molar-refractivity contribution in [3.05, 3.63) is 46.5 Å². The molecule has 7 nitrogen and oxygen atoms in total. The molecule has 0 radical (unpaired) electrons. The number of nitrogens with zero attached hydrogens (tertiary/aromatic N) is 1. The molecule has 4 rings (SSSR count). The van der Waals surface area contributed by atoms with E-state index in [0.29, 0.717) is 18.8 Å². The van der Waals surface area contributed by atoms with Crippen molar-refractivity contribution < 1.29 is 23.9 Å². The average molecular weight is 388 g/mol. The van der Waals surface area contributed by atoms with Gasteiger partial charge in [-0.05, 0) is 12.5 Å². The maximum Gasteiger partial charge on any atom is 0.302 e. The molecule has 0 bridgehead atoms. The minimum absolute atomic E-state index is 0.129. The molecule has 0 aliphatic carbocycles. The van der Waals surface area contributed by atoms with Crippen molar-refractivity contribution in [2.75, 3.05) is 6.61 Å². The van der Waals surface area contributed by atoms with Crippen LogP contribution in [-0.4, -0.2) is 46.9 Å². The second kappa shape index (κ2) is 7.01. The summed E-state index contributed by atoms with van der Waals surface area (Å²) in [5, 5.41) is 2.66. The van der Waals surface area contributed by atoms with Crippen molar-refractivity contribution in [2.45, 2.75) is 38.0 Å². The summed E-state index contributed by atoms with van der Waals surface area (Å²) in [6.45, 7) is 3.97. The summed E-state index contributed by atoms with van der Waals surface area (Å²) < 4.78 is 10.6. The van der Waals surface area contributed by atoms with Crippen molar-refractivity contribution in [2.24, 2.45) is 5.92 Å². The molecule has 1 aromatic rings. The smallest absolute Gasteiger partial charge is 0.302 e. The van der Waals surface area contributed by atoms with E-state index in [4.69, 9.17) is 9.47 Å². The Labute approximate surface area is 161 Å². The third-order valence-electron chi connectivity index (χ3n) is 4.80. The zero-order valence-corrected chi connectivity index (χ0v) is 15.8. The summed E-state index contributed by atoms with van der Waals surface area (Å²) >= 11 is 1.46. The lowest BCUT2D eigenvalue weighted by Crippen LogP contribution is -2.61. The van der Waals surface area contributed by atoms with E-state index in [1.807, 2.05) is 30.3 Å². The number of fused-ring (bicyclic) bond motifs is 1. The third-order valence-corrected chi connectivity index (χ3v) is 6.26. The molecule has 0 aromatic heterocycles. The topological polar surface area (TPSA) is 88.2 Å². The number of carbonyl (C=O) groups excluding carboxylic acids is 3. The number of benzene rings is 1. The van der Waals surface area contributed by atoms with Gasteiger partial charge in [-0.2, -0.15) is 0 Å². The Morgan fingerprint density at radius 2 is 2.07 bits per heavy atom. The lowest BCUT2D eigenvalue weighted by Gasteiger charge is -2.44. The number of carbonyl (C=O) groups is 3. The largest absolute Gasteiger partial charge is 0.462 e. The Balaban J connectivity index is 1.49. The lowest BCUT2D eigenvalue weighted by molar-refractivity contribution is -0.164. The van der Waals surface area contributed by atoms with Gasteiger partial charge in [0.1, 0.15) is 29.2 Å². The lowest BCUT2D eigenvalue weighted by atomic mass is 9.91. The first-order chi connectivity index (χ1) is 13.0. The van der Waals surface area contributed by atoms with Crippen LogP contribution in [-0.2, 0) is 30.4 Å². The van der Waals surface area contributed by atoms with Crippen molar-refractivity contribution in [3.8, 4) is 0 Å². The molecule has 2 fully saturated rings. The van der Waals surface area contributed by atoms with Crippen LogP contribution < -0.4 is 5.32 Å². The van der Waals surface area contributed by atoms with Crippen LogP contribution in [0.1, 0.15) is 19.4 Å². The number of epoxide rings is 1. The number of nitrogens with one attached hydrogen (secondary N) is 1. The van der Waals surface area contributed by atoms with Crippen molar-refractivity contribution in [1.29, 1.82) is 0 Å². The molecule has 1 N–H and O–H groups in total. The highest BCUT2D eigenvalue weighted by atomic mass is 32.2. The summed E-state index contributed by atoms with van der Waals surface area (Å²) in [4.78, 5) is 39.1. The normalized spacial score (nSPS) is 27.0. The van der Waals surface area contributed by atoms with Crippen LogP contribution in [0.15, 0.2) is 40.9 Å². The van der Waals surface area contributed by atoms with E-state index in [1.54, 1.807) is 6.92 Å². The molecule has 2 saturated heterocycles. The van der Waals surface area contributed by atoms with Crippen LogP contribution in [0.4, 0.5) is 0 Å². The minimum atomic E-state index is -0.531. The van der Waals surface area contributed by atoms with Crippen molar-refractivity contribution in [1.82, 2.24) is 10.2 Å². The molecule has 3 aliphatic rings. The van der Waals surface area contributed by atoms with E-state index < -0.39 is 18.0 Å². The molecular weight excluding hydrogens is 368 g/mol. The van der Waals surface area contributed by atoms with Crippen LogP contribution in [0.2, 0.25) is 0 Å². The maximum absolute atomic E-state index is 12.8. The van der Waals surface area contributed by atoms with Gasteiger partial charge >= 0.3 is 5.97 Å². The first kappa shape index (κ1) is 18.1. The summed E-state index contributed by atoms with van der Waals surface area (Å²) in [5.74, 6) is -1.35. The average Bonchev–Trinajstić information content (AvgIpc) is 3.41. The quantitative estimate of drug-likeness (QED) is 0.450. The van der Waals surface area contributed by atoms with Gasteiger partial charge in [0.25, 0.3) is 5.91 Å². The fourth-order valence-electron chi connectivity index (χ4n) is 3.43. The van der Waals surface area contributed by atoms with E-state index in [0.717, 1.165) is 10.5 Å². The zero-order chi connectivity index (χ0) is 19.1. The van der Waals surface area contributed by atoms with Crippen LogP contribution >= 0.6 is 11.8 Å². The number of ether oxygens (including phenoxy) is 2. The molecule has 27 heavy (non-hydrogen) atoms. The number of β-lactam (4-membered cyclic amide) rings is 1. The van der Waals surface area contributed by atoms with E-state index in [-0.39, 0.29) is 23.3 Å². The monoisotopic (exact) mass is 388 g/mol. The molecule has 4 atom stereocenters. The van der Waals surface area contributed by atoms with E-state index in [9.17, 15) is 14.4 Å². The van der Waals surface area contributed by atoms with Crippen molar-refractivity contribution in [3.63, 3.8) is 0 Å². The van der Waals surface area contributed by atoms with E-state index in [2.05, 4.69) is 5.32 Å². The molecule has 0 spiro atoms. The van der Waals surface area contributed by atoms with Gasteiger partial charge in [-0.25, -0.2) is 0 Å². The Bertz CT molecular complexity index is 821. The number of rotatable bonds is 6. The molecular formula is C19H20N2O5S. The number of hydrogen-bond acceptors (Lipinski definition) is 6. The second-order valence-electron chi connectivity index (χ2n) is 6.76. The van der Waals surface area contributed by atoms with Gasteiger partial charge in [0.05, 0.1) is 6.61 Å². The first-order valence-electron chi connectivity index (χ1n) is 8.82. The first-order valence-corrected chi connectivity index (χ1v) is 9.70. The van der Waals surface area contributed by atoms with E-state index >= 15 is 0 Å².